The van der Waals surface area contributed by atoms with Crippen LogP contribution in [0.2, 0.25) is 0 Å². The minimum absolute atomic E-state index is 0.0304. The van der Waals surface area contributed by atoms with Crippen molar-refractivity contribution in [2.75, 3.05) is 7.11 Å². The summed E-state index contributed by atoms with van der Waals surface area (Å²) in [6.45, 7) is 3.49. The van der Waals surface area contributed by atoms with Crippen molar-refractivity contribution in [3.63, 3.8) is 0 Å². The van der Waals surface area contributed by atoms with Gasteiger partial charge in [0, 0.05) is 17.2 Å². The molecular weight excluding hydrogens is 354 g/mol. The summed E-state index contributed by atoms with van der Waals surface area (Å²) in [6, 6.07) is 8.41. The summed E-state index contributed by atoms with van der Waals surface area (Å²) in [4.78, 5) is 22.7. The van der Waals surface area contributed by atoms with Crippen LogP contribution in [-0.2, 0) is 0 Å². The molecule has 0 aromatic heterocycles. The van der Waals surface area contributed by atoms with E-state index in [1.807, 2.05) is 0 Å². The lowest BCUT2D eigenvalue weighted by atomic mass is 10.2. The lowest BCUT2D eigenvalue weighted by Crippen LogP contribution is -2.17. The number of hydrogen-bond donors (Lipinski definition) is 2. The van der Waals surface area contributed by atoms with Crippen molar-refractivity contribution in [1.29, 1.82) is 0 Å². The number of phenols is 1. The standard InChI is InChI=1S/C18H19N3O6/c1-11(2)27-17-15(21(24)25)8-12(9-16(17)26-3)10-19-20-18(23)13-4-6-14(22)7-5-13/h4-11,22H,1-3H3,(H,20,23)/b19-10-. The molecule has 0 aliphatic heterocycles. The summed E-state index contributed by atoms with van der Waals surface area (Å²) in [6.07, 6.45) is 0.981. The lowest BCUT2D eigenvalue weighted by Gasteiger charge is -2.14. The van der Waals surface area contributed by atoms with Gasteiger partial charge in [0.25, 0.3) is 5.91 Å². The van der Waals surface area contributed by atoms with Crippen LogP contribution in [0.15, 0.2) is 41.5 Å². The Morgan fingerprint density at radius 3 is 2.52 bits per heavy atom. The van der Waals surface area contributed by atoms with Crippen molar-refractivity contribution in [1.82, 2.24) is 5.43 Å². The molecular formula is C18H19N3O6. The van der Waals surface area contributed by atoms with Gasteiger partial charge in [-0.15, -0.1) is 0 Å². The van der Waals surface area contributed by atoms with E-state index in [4.69, 9.17) is 9.47 Å². The molecule has 0 unspecified atom stereocenters. The number of benzene rings is 2. The number of carbonyl (C=O) groups is 1. The second kappa shape index (κ2) is 8.65. The van der Waals surface area contributed by atoms with Gasteiger partial charge in [0.15, 0.2) is 5.75 Å². The van der Waals surface area contributed by atoms with E-state index in [0.717, 1.165) is 0 Å². The highest BCUT2D eigenvalue weighted by Gasteiger charge is 2.23. The van der Waals surface area contributed by atoms with Gasteiger partial charge < -0.3 is 14.6 Å². The molecule has 0 radical (unpaired) electrons. The van der Waals surface area contributed by atoms with Crippen molar-refractivity contribution in [2.45, 2.75) is 20.0 Å². The van der Waals surface area contributed by atoms with E-state index in [-0.39, 0.29) is 29.0 Å². The predicted octanol–water partition coefficient (Wildman–Crippen LogP) is 2.86. The van der Waals surface area contributed by atoms with Gasteiger partial charge in [0.1, 0.15) is 5.75 Å². The zero-order chi connectivity index (χ0) is 20.0. The summed E-state index contributed by atoms with van der Waals surface area (Å²) in [5.41, 5.74) is 2.69. The third kappa shape index (κ3) is 5.18. The van der Waals surface area contributed by atoms with E-state index in [2.05, 4.69) is 10.5 Å². The van der Waals surface area contributed by atoms with E-state index in [1.54, 1.807) is 13.8 Å². The number of nitrogens with zero attached hydrogens (tertiary/aromatic N) is 2. The number of carbonyl (C=O) groups excluding carboxylic acids is 1. The fourth-order valence-electron chi connectivity index (χ4n) is 2.17. The van der Waals surface area contributed by atoms with Crippen LogP contribution in [-0.4, -0.2) is 35.4 Å². The van der Waals surface area contributed by atoms with E-state index in [1.165, 1.54) is 49.7 Å². The van der Waals surface area contributed by atoms with Crippen molar-refractivity contribution < 1.29 is 24.3 Å². The summed E-state index contributed by atoms with van der Waals surface area (Å²) < 4.78 is 10.7. The number of amides is 1. The average molecular weight is 373 g/mol. The van der Waals surface area contributed by atoms with E-state index < -0.39 is 10.8 Å². The predicted molar refractivity (Wildman–Crippen MR) is 98.6 cm³/mol. The van der Waals surface area contributed by atoms with Crippen LogP contribution in [0.4, 0.5) is 5.69 Å². The zero-order valence-electron chi connectivity index (χ0n) is 15.0. The van der Waals surface area contributed by atoms with Crippen LogP contribution in [0.1, 0.15) is 29.8 Å². The molecule has 2 rings (SSSR count). The first-order valence-corrected chi connectivity index (χ1v) is 7.97. The van der Waals surface area contributed by atoms with Crippen molar-refractivity contribution in [2.24, 2.45) is 5.10 Å². The Morgan fingerprint density at radius 2 is 1.96 bits per heavy atom. The summed E-state index contributed by atoms with van der Waals surface area (Å²) in [5, 5.41) is 24.4. The molecule has 0 saturated carbocycles. The van der Waals surface area contributed by atoms with E-state index in [9.17, 15) is 20.0 Å². The van der Waals surface area contributed by atoms with Gasteiger partial charge in [-0.1, -0.05) is 0 Å². The molecule has 0 aliphatic carbocycles. The fraction of sp³-hybridized carbons (Fsp3) is 0.222. The number of hydrogen-bond acceptors (Lipinski definition) is 7. The van der Waals surface area contributed by atoms with Crippen LogP contribution in [0.25, 0.3) is 0 Å². The molecule has 0 saturated heterocycles. The van der Waals surface area contributed by atoms with Gasteiger partial charge in [-0.05, 0) is 44.2 Å². The minimum Gasteiger partial charge on any atom is -0.508 e. The monoisotopic (exact) mass is 373 g/mol. The molecule has 2 aromatic carbocycles. The molecule has 2 N–H and O–H groups in total. The molecule has 9 heteroatoms. The molecule has 142 valence electrons. The smallest absolute Gasteiger partial charge is 0.315 e. The summed E-state index contributed by atoms with van der Waals surface area (Å²) >= 11 is 0. The summed E-state index contributed by atoms with van der Waals surface area (Å²) in [5.74, 6) is -0.238. The van der Waals surface area contributed by atoms with Crippen LogP contribution in [0.5, 0.6) is 17.2 Å². The molecule has 0 heterocycles. The SMILES string of the molecule is COc1cc(/C=N\NC(=O)c2ccc(O)cc2)cc([N+](=O)[O-])c1OC(C)C. The molecule has 1 amide bonds. The molecule has 0 bridgehead atoms. The number of hydrazone groups is 1. The Labute approximate surface area is 155 Å². The molecule has 9 nitrogen and oxygen atoms in total. The quantitative estimate of drug-likeness (QED) is 0.437. The largest absolute Gasteiger partial charge is 0.508 e. The molecule has 2 aromatic rings. The first-order valence-electron chi connectivity index (χ1n) is 7.97. The Balaban J connectivity index is 2.23. The maximum absolute atomic E-state index is 12.0. The topological polar surface area (TPSA) is 123 Å². The molecule has 0 atom stereocenters. The highest BCUT2D eigenvalue weighted by molar-refractivity contribution is 5.95. The fourth-order valence-corrected chi connectivity index (χ4v) is 2.17. The maximum Gasteiger partial charge on any atom is 0.315 e. The van der Waals surface area contributed by atoms with E-state index >= 15 is 0 Å². The zero-order valence-corrected chi connectivity index (χ0v) is 15.0. The number of nitrogens with one attached hydrogen (secondary N) is 1. The highest BCUT2D eigenvalue weighted by atomic mass is 16.6. The van der Waals surface area contributed by atoms with Crippen LogP contribution in [0.3, 0.4) is 0 Å². The minimum atomic E-state index is -0.577. The highest BCUT2D eigenvalue weighted by Crippen LogP contribution is 2.38. The Hall–Kier alpha value is -3.62. The van der Waals surface area contributed by atoms with Gasteiger partial charge in [0.05, 0.1) is 24.4 Å². The Morgan fingerprint density at radius 1 is 1.30 bits per heavy atom. The maximum atomic E-state index is 12.0. The summed E-state index contributed by atoms with van der Waals surface area (Å²) in [7, 11) is 1.37. The first kappa shape index (κ1) is 19.7. The molecule has 0 spiro atoms. The number of nitro benzene ring substituents is 1. The third-order valence-corrected chi connectivity index (χ3v) is 3.34. The third-order valence-electron chi connectivity index (χ3n) is 3.34. The van der Waals surface area contributed by atoms with Crippen LogP contribution >= 0.6 is 0 Å². The van der Waals surface area contributed by atoms with Crippen LogP contribution < -0.4 is 14.9 Å². The van der Waals surface area contributed by atoms with Gasteiger partial charge in [0.2, 0.25) is 5.75 Å². The Bertz CT molecular complexity index is 862. The second-order valence-corrected chi connectivity index (χ2v) is 5.74. The lowest BCUT2D eigenvalue weighted by molar-refractivity contribution is -0.386. The van der Waals surface area contributed by atoms with Gasteiger partial charge in [-0.25, -0.2) is 5.43 Å². The van der Waals surface area contributed by atoms with Gasteiger partial charge >= 0.3 is 5.69 Å². The second-order valence-electron chi connectivity index (χ2n) is 5.74. The van der Waals surface area contributed by atoms with E-state index in [0.29, 0.717) is 11.1 Å². The Kier molecular flexibility index (Phi) is 6.32. The average Bonchev–Trinajstić information content (AvgIpc) is 2.62. The van der Waals surface area contributed by atoms with Gasteiger partial charge in [-0.3, -0.25) is 14.9 Å². The molecule has 0 aliphatic rings. The number of phenolic OH excluding ortho intramolecular Hbond substituents is 1. The van der Waals surface area contributed by atoms with Crippen molar-refractivity contribution >= 4 is 17.8 Å². The molecule has 0 fully saturated rings. The molecule has 27 heavy (non-hydrogen) atoms. The normalized spacial score (nSPS) is 10.8. The number of methoxy groups -OCH3 is 1. The number of aromatic hydroxyl groups is 1. The van der Waals surface area contributed by atoms with Crippen molar-refractivity contribution in [3.8, 4) is 17.2 Å². The number of nitro groups is 1. The van der Waals surface area contributed by atoms with Gasteiger partial charge in [-0.2, -0.15) is 5.10 Å². The van der Waals surface area contributed by atoms with Crippen molar-refractivity contribution in [3.05, 3.63) is 57.6 Å². The first-order chi connectivity index (χ1) is 12.8. The number of rotatable bonds is 7. The number of ether oxygens (including phenoxy) is 2. The van der Waals surface area contributed by atoms with Crippen LogP contribution in [0, 0.1) is 10.1 Å².